The molecule has 6 heteroatoms. The lowest BCUT2D eigenvalue weighted by Crippen LogP contribution is -2.14. The molecule has 1 amide bonds. The van der Waals surface area contributed by atoms with Crippen LogP contribution in [0.2, 0.25) is 0 Å². The monoisotopic (exact) mass is 383 g/mol. The van der Waals surface area contributed by atoms with Crippen molar-refractivity contribution < 1.29 is 4.79 Å². The summed E-state index contributed by atoms with van der Waals surface area (Å²) in [5.74, 6) is 0.286. The Hall–Kier alpha value is -1.40. The SMILES string of the molecule is Cc1cc(N)cnc1NC(=O)c1ccc(Br)cc1Br. The summed E-state index contributed by atoms with van der Waals surface area (Å²) in [6.45, 7) is 1.84. The van der Waals surface area contributed by atoms with Crippen molar-refractivity contribution in [2.75, 3.05) is 11.1 Å². The number of hydrogen-bond donors (Lipinski definition) is 2. The van der Waals surface area contributed by atoms with Crippen molar-refractivity contribution in [1.82, 2.24) is 4.98 Å². The van der Waals surface area contributed by atoms with E-state index in [0.29, 0.717) is 21.5 Å². The number of nitrogen functional groups attached to an aromatic ring is 1. The maximum Gasteiger partial charge on any atom is 0.257 e. The molecule has 0 atom stereocenters. The van der Waals surface area contributed by atoms with Gasteiger partial charge in [0.2, 0.25) is 0 Å². The third-order valence-corrected chi connectivity index (χ3v) is 3.66. The highest BCUT2D eigenvalue weighted by Crippen LogP contribution is 2.23. The molecule has 0 radical (unpaired) electrons. The number of halogens is 2. The van der Waals surface area contributed by atoms with Crippen molar-refractivity contribution in [3.05, 3.63) is 50.5 Å². The zero-order chi connectivity index (χ0) is 14.0. The van der Waals surface area contributed by atoms with Crippen LogP contribution in [-0.4, -0.2) is 10.9 Å². The van der Waals surface area contributed by atoms with E-state index < -0.39 is 0 Å². The molecule has 0 fully saturated rings. The summed E-state index contributed by atoms with van der Waals surface area (Å²) in [6, 6.07) is 7.12. The topological polar surface area (TPSA) is 68.0 Å². The lowest BCUT2D eigenvalue weighted by Gasteiger charge is -2.09. The van der Waals surface area contributed by atoms with Crippen LogP contribution in [0.25, 0.3) is 0 Å². The van der Waals surface area contributed by atoms with Gasteiger partial charge in [-0.2, -0.15) is 0 Å². The minimum absolute atomic E-state index is 0.222. The van der Waals surface area contributed by atoms with E-state index in [1.165, 1.54) is 6.20 Å². The van der Waals surface area contributed by atoms with Crippen LogP contribution in [0.5, 0.6) is 0 Å². The number of carbonyl (C=O) groups excluding carboxylic acids is 1. The molecule has 0 saturated carbocycles. The Balaban J connectivity index is 2.25. The van der Waals surface area contributed by atoms with Crippen LogP contribution in [0.1, 0.15) is 15.9 Å². The van der Waals surface area contributed by atoms with Crippen molar-refractivity contribution >= 4 is 49.3 Å². The third-order valence-electron chi connectivity index (χ3n) is 2.51. The molecule has 0 aliphatic heterocycles. The maximum absolute atomic E-state index is 12.2. The summed E-state index contributed by atoms with van der Waals surface area (Å²) in [6.07, 6.45) is 1.51. The van der Waals surface area contributed by atoms with Gasteiger partial charge in [-0.15, -0.1) is 0 Å². The van der Waals surface area contributed by atoms with Gasteiger partial charge in [0.05, 0.1) is 17.4 Å². The van der Waals surface area contributed by atoms with E-state index in [0.717, 1.165) is 10.0 Å². The quantitative estimate of drug-likeness (QED) is 0.828. The van der Waals surface area contributed by atoms with E-state index in [4.69, 9.17) is 5.73 Å². The number of benzene rings is 1. The Morgan fingerprint density at radius 2 is 2.05 bits per heavy atom. The summed E-state index contributed by atoms with van der Waals surface area (Å²) in [5.41, 5.74) is 7.56. The Morgan fingerprint density at radius 3 is 2.68 bits per heavy atom. The van der Waals surface area contributed by atoms with Gasteiger partial charge in [0.25, 0.3) is 5.91 Å². The summed E-state index contributed by atoms with van der Waals surface area (Å²) in [4.78, 5) is 16.3. The van der Waals surface area contributed by atoms with Crippen LogP contribution in [0, 0.1) is 6.92 Å². The predicted octanol–water partition coefficient (Wildman–Crippen LogP) is 3.75. The number of amides is 1. The minimum atomic E-state index is -0.222. The van der Waals surface area contributed by atoms with Gasteiger partial charge in [0, 0.05) is 8.95 Å². The highest BCUT2D eigenvalue weighted by molar-refractivity contribution is 9.11. The molecule has 3 N–H and O–H groups in total. The number of anilines is 2. The Morgan fingerprint density at radius 1 is 1.32 bits per heavy atom. The Labute approximate surface area is 127 Å². The first-order valence-electron chi connectivity index (χ1n) is 5.46. The van der Waals surface area contributed by atoms with E-state index in [-0.39, 0.29) is 5.91 Å². The van der Waals surface area contributed by atoms with Gasteiger partial charge in [-0.05, 0) is 52.7 Å². The third kappa shape index (κ3) is 3.33. The molecule has 1 aromatic carbocycles. The molecule has 0 bridgehead atoms. The molecule has 4 nitrogen and oxygen atoms in total. The first-order valence-corrected chi connectivity index (χ1v) is 7.04. The van der Waals surface area contributed by atoms with Crippen LogP contribution in [0.4, 0.5) is 11.5 Å². The van der Waals surface area contributed by atoms with Gasteiger partial charge in [-0.3, -0.25) is 4.79 Å². The lowest BCUT2D eigenvalue weighted by atomic mass is 10.2. The summed E-state index contributed by atoms with van der Waals surface area (Å²) in [5, 5.41) is 2.76. The molecular formula is C13H11Br2N3O. The number of aromatic nitrogens is 1. The van der Waals surface area contributed by atoms with Gasteiger partial charge < -0.3 is 11.1 Å². The fraction of sp³-hybridized carbons (Fsp3) is 0.0769. The number of nitrogens with two attached hydrogens (primary N) is 1. The molecular weight excluding hydrogens is 374 g/mol. The number of aryl methyl sites for hydroxylation is 1. The molecule has 2 rings (SSSR count). The molecule has 0 spiro atoms. The average molecular weight is 385 g/mol. The fourth-order valence-corrected chi connectivity index (χ4v) is 2.80. The number of rotatable bonds is 2. The van der Waals surface area contributed by atoms with Gasteiger partial charge >= 0.3 is 0 Å². The van der Waals surface area contributed by atoms with Crippen LogP contribution < -0.4 is 11.1 Å². The van der Waals surface area contributed by atoms with Crippen LogP contribution in [0.15, 0.2) is 39.4 Å². The van der Waals surface area contributed by atoms with Crippen LogP contribution in [-0.2, 0) is 0 Å². The number of nitrogens with one attached hydrogen (secondary N) is 1. The van der Waals surface area contributed by atoms with Crippen LogP contribution >= 0.6 is 31.9 Å². The lowest BCUT2D eigenvalue weighted by molar-refractivity contribution is 0.102. The van der Waals surface area contributed by atoms with Gasteiger partial charge in [-0.25, -0.2) is 4.98 Å². The molecule has 19 heavy (non-hydrogen) atoms. The number of carbonyl (C=O) groups is 1. The maximum atomic E-state index is 12.2. The second kappa shape index (κ2) is 5.71. The largest absolute Gasteiger partial charge is 0.397 e. The van der Waals surface area contributed by atoms with Crippen molar-refractivity contribution in [2.45, 2.75) is 6.92 Å². The standard InChI is InChI=1S/C13H11Br2N3O/c1-7-4-9(16)6-17-12(7)18-13(19)10-3-2-8(14)5-11(10)15/h2-6H,16H2,1H3,(H,17,18,19). The predicted molar refractivity (Wildman–Crippen MR) is 83.2 cm³/mol. The summed E-state index contributed by atoms with van der Waals surface area (Å²) in [7, 11) is 0. The van der Waals surface area contributed by atoms with E-state index in [1.807, 2.05) is 19.1 Å². The molecule has 0 unspecified atom stereocenters. The first-order chi connectivity index (χ1) is 8.97. The smallest absolute Gasteiger partial charge is 0.257 e. The zero-order valence-electron chi connectivity index (χ0n) is 10.1. The van der Waals surface area contributed by atoms with Crippen molar-refractivity contribution in [2.24, 2.45) is 0 Å². The zero-order valence-corrected chi connectivity index (χ0v) is 13.2. The van der Waals surface area contributed by atoms with Gasteiger partial charge in [0.15, 0.2) is 0 Å². The van der Waals surface area contributed by atoms with E-state index in [1.54, 1.807) is 12.1 Å². The molecule has 0 aliphatic carbocycles. The fourth-order valence-electron chi connectivity index (χ4n) is 1.58. The van der Waals surface area contributed by atoms with Crippen molar-refractivity contribution in [1.29, 1.82) is 0 Å². The summed E-state index contributed by atoms with van der Waals surface area (Å²) >= 11 is 6.70. The Bertz CT molecular complexity index is 644. The average Bonchev–Trinajstić information content (AvgIpc) is 2.32. The molecule has 98 valence electrons. The second-order valence-electron chi connectivity index (χ2n) is 4.01. The highest BCUT2D eigenvalue weighted by Gasteiger charge is 2.12. The van der Waals surface area contributed by atoms with E-state index in [2.05, 4.69) is 42.2 Å². The molecule has 0 saturated heterocycles. The van der Waals surface area contributed by atoms with Crippen molar-refractivity contribution in [3.63, 3.8) is 0 Å². The molecule has 2 aromatic rings. The van der Waals surface area contributed by atoms with Crippen molar-refractivity contribution in [3.8, 4) is 0 Å². The molecule has 1 aromatic heterocycles. The van der Waals surface area contributed by atoms with Gasteiger partial charge in [0.1, 0.15) is 5.82 Å². The second-order valence-corrected chi connectivity index (χ2v) is 5.78. The number of pyridine rings is 1. The normalized spacial score (nSPS) is 10.3. The minimum Gasteiger partial charge on any atom is -0.397 e. The summed E-state index contributed by atoms with van der Waals surface area (Å²) < 4.78 is 1.62. The molecule has 0 aliphatic rings. The first kappa shape index (κ1) is 14.0. The number of nitrogens with zero attached hydrogens (tertiary/aromatic N) is 1. The Kier molecular flexibility index (Phi) is 4.21. The number of hydrogen-bond acceptors (Lipinski definition) is 3. The highest BCUT2D eigenvalue weighted by atomic mass is 79.9. The van der Waals surface area contributed by atoms with Crippen LogP contribution in [0.3, 0.4) is 0 Å². The van der Waals surface area contributed by atoms with Gasteiger partial charge in [-0.1, -0.05) is 15.9 Å². The van der Waals surface area contributed by atoms with E-state index >= 15 is 0 Å². The molecule has 1 heterocycles. The van der Waals surface area contributed by atoms with E-state index in [9.17, 15) is 4.79 Å².